The van der Waals surface area contributed by atoms with Gasteiger partial charge in [0, 0.05) is 11.6 Å². The second-order valence-corrected chi connectivity index (χ2v) is 5.31. The first-order valence-electron chi connectivity index (χ1n) is 5.90. The van der Waals surface area contributed by atoms with Crippen LogP contribution in [0.4, 0.5) is 0 Å². The molecule has 2 heteroatoms. The number of hydrogen-bond acceptors (Lipinski definition) is 2. The Labute approximate surface area is 98.0 Å². The van der Waals surface area contributed by atoms with Gasteiger partial charge in [-0.2, -0.15) is 0 Å². The Bertz CT molecular complexity index is 373. The number of ether oxygens (including phenoxy) is 1. The quantitative estimate of drug-likeness (QED) is 0.840. The monoisotopic (exact) mass is 219 g/mol. The molecule has 0 aliphatic heterocycles. The average molecular weight is 219 g/mol. The lowest BCUT2D eigenvalue weighted by atomic mass is 9.96. The van der Waals surface area contributed by atoms with E-state index in [0.29, 0.717) is 17.4 Å². The second kappa shape index (κ2) is 4.10. The summed E-state index contributed by atoms with van der Waals surface area (Å²) in [5, 5.41) is 3.43. The summed E-state index contributed by atoms with van der Waals surface area (Å²) in [4.78, 5) is 0. The van der Waals surface area contributed by atoms with Gasteiger partial charge in [0.25, 0.3) is 0 Å². The van der Waals surface area contributed by atoms with Gasteiger partial charge in [0.1, 0.15) is 5.75 Å². The molecule has 0 saturated heterocycles. The van der Waals surface area contributed by atoms with E-state index in [1.165, 1.54) is 12.0 Å². The number of methoxy groups -OCH3 is 1. The maximum Gasteiger partial charge on any atom is 0.123 e. The molecule has 1 aliphatic rings. The largest absolute Gasteiger partial charge is 0.496 e. The Balaban J connectivity index is 2.27. The number of nitrogens with one attached hydrogen (secondary N) is 1. The van der Waals surface area contributed by atoms with Gasteiger partial charge in [0.15, 0.2) is 0 Å². The molecule has 0 heterocycles. The van der Waals surface area contributed by atoms with Gasteiger partial charge in [-0.25, -0.2) is 0 Å². The molecular formula is C14H21NO. The zero-order chi connectivity index (χ0) is 11.8. The van der Waals surface area contributed by atoms with Crippen molar-refractivity contribution in [2.75, 3.05) is 14.2 Å². The van der Waals surface area contributed by atoms with Gasteiger partial charge in [-0.05, 0) is 30.9 Å². The van der Waals surface area contributed by atoms with Gasteiger partial charge in [-0.1, -0.05) is 32.0 Å². The molecule has 0 spiro atoms. The summed E-state index contributed by atoms with van der Waals surface area (Å²) in [6.07, 6.45) is 1.29. The van der Waals surface area contributed by atoms with Crippen LogP contribution in [0.5, 0.6) is 5.75 Å². The maximum absolute atomic E-state index is 5.43. The molecule has 1 aliphatic carbocycles. The van der Waals surface area contributed by atoms with Crippen LogP contribution in [0.3, 0.4) is 0 Å². The summed E-state index contributed by atoms with van der Waals surface area (Å²) in [5.74, 6) is 1.71. The van der Waals surface area contributed by atoms with E-state index in [-0.39, 0.29) is 0 Å². The highest BCUT2D eigenvalue weighted by atomic mass is 16.5. The third-order valence-electron chi connectivity index (χ3n) is 3.78. The summed E-state index contributed by atoms with van der Waals surface area (Å²) in [5.41, 5.74) is 1.75. The van der Waals surface area contributed by atoms with Crippen molar-refractivity contribution in [2.45, 2.75) is 26.3 Å². The Hall–Kier alpha value is -1.02. The summed E-state index contributed by atoms with van der Waals surface area (Å²) in [6, 6.07) is 8.71. The Morgan fingerprint density at radius 3 is 2.50 bits per heavy atom. The molecule has 2 rings (SSSR count). The molecule has 0 amide bonds. The molecular weight excluding hydrogens is 198 g/mol. The molecule has 2 atom stereocenters. The molecule has 16 heavy (non-hydrogen) atoms. The first kappa shape index (κ1) is 11.5. The fraction of sp³-hybridized carbons (Fsp3) is 0.571. The second-order valence-electron chi connectivity index (χ2n) is 5.31. The fourth-order valence-corrected chi connectivity index (χ4v) is 2.57. The van der Waals surface area contributed by atoms with Crippen LogP contribution in [0.2, 0.25) is 0 Å². The molecule has 2 unspecified atom stereocenters. The van der Waals surface area contributed by atoms with Gasteiger partial charge < -0.3 is 10.1 Å². The molecule has 1 aromatic carbocycles. The average Bonchev–Trinajstić information content (AvgIpc) is 2.89. The normalized spacial score (nSPS) is 23.9. The highest BCUT2D eigenvalue weighted by Gasteiger charge is 2.50. The van der Waals surface area contributed by atoms with E-state index in [1.807, 2.05) is 19.2 Å². The van der Waals surface area contributed by atoms with Crippen molar-refractivity contribution >= 4 is 0 Å². The molecule has 88 valence electrons. The Kier molecular flexibility index (Phi) is 2.94. The number of hydrogen-bond donors (Lipinski definition) is 1. The van der Waals surface area contributed by atoms with Gasteiger partial charge in [0.05, 0.1) is 7.11 Å². The highest BCUT2D eigenvalue weighted by molar-refractivity contribution is 5.37. The lowest BCUT2D eigenvalue weighted by Gasteiger charge is -2.20. The maximum atomic E-state index is 5.43. The van der Waals surface area contributed by atoms with Crippen molar-refractivity contribution in [3.8, 4) is 5.75 Å². The van der Waals surface area contributed by atoms with Crippen molar-refractivity contribution in [1.82, 2.24) is 5.32 Å². The molecule has 1 N–H and O–H groups in total. The van der Waals surface area contributed by atoms with E-state index in [1.54, 1.807) is 7.11 Å². The lowest BCUT2D eigenvalue weighted by molar-refractivity contribution is 0.384. The van der Waals surface area contributed by atoms with Crippen LogP contribution in [0.25, 0.3) is 0 Å². The van der Waals surface area contributed by atoms with E-state index in [0.717, 1.165) is 5.75 Å². The number of rotatable bonds is 4. The fourth-order valence-electron chi connectivity index (χ4n) is 2.57. The van der Waals surface area contributed by atoms with E-state index in [9.17, 15) is 0 Å². The molecule has 1 aromatic rings. The third-order valence-corrected chi connectivity index (χ3v) is 3.78. The van der Waals surface area contributed by atoms with E-state index in [4.69, 9.17) is 4.74 Å². The number of benzene rings is 1. The standard InChI is InChI=1S/C14H21NO/c1-14(2)9-11(14)13(15-3)10-7-5-6-8-12(10)16-4/h5-8,11,13,15H,9H2,1-4H3. The Morgan fingerprint density at radius 2 is 2.00 bits per heavy atom. The van der Waals surface area contributed by atoms with Crippen LogP contribution in [0.15, 0.2) is 24.3 Å². The molecule has 0 radical (unpaired) electrons. The Morgan fingerprint density at radius 1 is 1.38 bits per heavy atom. The van der Waals surface area contributed by atoms with Gasteiger partial charge in [0.2, 0.25) is 0 Å². The van der Waals surface area contributed by atoms with Crippen LogP contribution < -0.4 is 10.1 Å². The SMILES string of the molecule is CNC(c1ccccc1OC)C1CC1(C)C. The topological polar surface area (TPSA) is 21.3 Å². The van der Waals surface area contributed by atoms with Crippen molar-refractivity contribution in [1.29, 1.82) is 0 Å². The van der Waals surface area contributed by atoms with E-state index in [2.05, 4.69) is 31.3 Å². The van der Waals surface area contributed by atoms with E-state index >= 15 is 0 Å². The minimum atomic E-state index is 0.408. The predicted octanol–water partition coefficient (Wildman–Crippen LogP) is 3.00. The smallest absolute Gasteiger partial charge is 0.123 e. The zero-order valence-electron chi connectivity index (χ0n) is 10.6. The lowest BCUT2D eigenvalue weighted by Crippen LogP contribution is -2.21. The van der Waals surface area contributed by atoms with Crippen LogP contribution in [0.1, 0.15) is 31.9 Å². The van der Waals surface area contributed by atoms with Gasteiger partial charge >= 0.3 is 0 Å². The summed E-state index contributed by atoms with van der Waals surface area (Å²) in [7, 11) is 3.77. The van der Waals surface area contributed by atoms with Crippen molar-refractivity contribution in [3.05, 3.63) is 29.8 Å². The third kappa shape index (κ3) is 1.94. The molecule has 1 saturated carbocycles. The van der Waals surface area contributed by atoms with Crippen molar-refractivity contribution < 1.29 is 4.74 Å². The van der Waals surface area contributed by atoms with E-state index < -0.39 is 0 Å². The van der Waals surface area contributed by atoms with Crippen molar-refractivity contribution in [2.24, 2.45) is 11.3 Å². The molecule has 1 fully saturated rings. The molecule has 0 aromatic heterocycles. The minimum Gasteiger partial charge on any atom is -0.496 e. The van der Waals surface area contributed by atoms with Crippen LogP contribution in [-0.4, -0.2) is 14.2 Å². The zero-order valence-corrected chi connectivity index (χ0v) is 10.6. The van der Waals surface area contributed by atoms with Gasteiger partial charge in [-0.15, -0.1) is 0 Å². The van der Waals surface area contributed by atoms with Crippen LogP contribution >= 0.6 is 0 Å². The van der Waals surface area contributed by atoms with Crippen LogP contribution in [0, 0.1) is 11.3 Å². The molecule has 2 nitrogen and oxygen atoms in total. The van der Waals surface area contributed by atoms with Crippen molar-refractivity contribution in [3.63, 3.8) is 0 Å². The minimum absolute atomic E-state index is 0.408. The molecule has 0 bridgehead atoms. The van der Waals surface area contributed by atoms with Crippen LogP contribution in [-0.2, 0) is 0 Å². The first-order valence-corrected chi connectivity index (χ1v) is 5.90. The van der Waals surface area contributed by atoms with Gasteiger partial charge in [-0.3, -0.25) is 0 Å². The summed E-state index contributed by atoms with van der Waals surface area (Å²) in [6.45, 7) is 4.66. The highest BCUT2D eigenvalue weighted by Crippen LogP contribution is 2.58. The first-order chi connectivity index (χ1) is 7.60. The summed E-state index contributed by atoms with van der Waals surface area (Å²) < 4.78 is 5.43. The summed E-state index contributed by atoms with van der Waals surface area (Å²) >= 11 is 0. The number of para-hydroxylation sites is 1. The predicted molar refractivity (Wildman–Crippen MR) is 66.7 cm³/mol.